The highest BCUT2D eigenvalue weighted by atomic mass is 16.5. The summed E-state index contributed by atoms with van der Waals surface area (Å²) in [6.45, 7) is 2.93. The molecule has 2 amide bonds. The van der Waals surface area contributed by atoms with E-state index < -0.39 is 0 Å². The van der Waals surface area contributed by atoms with Gasteiger partial charge in [0.05, 0.1) is 28.4 Å². The van der Waals surface area contributed by atoms with Crippen LogP contribution in [0.1, 0.15) is 30.9 Å². The Morgan fingerprint density at radius 1 is 0.676 bits per heavy atom. The van der Waals surface area contributed by atoms with Crippen molar-refractivity contribution < 1.29 is 28.5 Å². The van der Waals surface area contributed by atoms with Gasteiger partial charge in [-0.2, -0.15) is 0 Å². The zero-order valence-corrected chi connectivity index (χ0v) is 20.7. The average molecular weight is 473 g/mol. The van der Waals surface area contributed by atoms with Crippen LogP contribution in [0.4, 0.5) is 0 Å². The molecule has 8 nitrogen and oxygen atoms in total. The molecule has 0 saturated carbocycles. The lowest BCUT2D eigenvalue weighted by Gasteiger charge is -2.13. The van der Waals surface area contributed by atoms with Gasteiger partial charge >= 0.3 is 0 Å². The van der Waals surface area contributed by atoms with E-state index in [2.05, 4.69) is 10.6 Å². The lowest BCUT2D eigenvalue weighted by atomic mass is 10.0. The number of rotatable bonds is 14. The smallest absolute Gasteiger partial charge is 0.220 e. The fourth-order valence-corrected chi connectivity index (χ4v) is 3.61. The van der Waals surface area contributed by atoms with Crippen LogP contribution in [0.2, 0.25) is 0 Å². The van der Waals surface area contributed by atoms with E-state index in [1.54, 1.807) is 28.4 Å². The quantitative estimate of drug-likeness (QED) is 0.439. The molecule has 0 bridgehead atoms. The number of methoxy groups -OCH3 is 4. The standard InChI is InChI=1S/C26H36N2O6/c1-18(14-25(29)27-12-10-19-6-8-21(31-2)23(16-19)33-4)15-26(30)28-13-11-20-7-9-22(32-3)24(17-20)34-5/h6-9,16-18H,10-15H2,1-5H3,(H,27,29)(H,28,30). The predicted molar refractivity (Wildman–Crippen MR) is 131 cm³/mol. The van der Waals surface area contributed by atoms with E-state index in [0.717, 1.165) is 11.1 Å². The van der Waals surface area contributed by atoms with Crippen LogP contribution in [0.15, 0.2) is 36.4 Å². The molecule has 0 aliphatic heterocycles. The summed E-state index contributed by atoms with van der Waals surface area (Å²) >= 11 is 0. The molecule has 0 heterocycles. The second kappa shape index (κ2) is 14.0. The number of carbonyl (C=O) groups excluding carboxylic acids is 2. The molecule has 2 N–H and O–H groups in total. The van der Waals surface area contributed by atoms with Crippen LogP contribution < -0.4 is 29.6 Å². The van der Waals surface area contributed by atoms with Gasteiger partial charge in [0, 0.05) is 25.9 Å². The summed E-state index contributed by atoms with van der Waals surface area (Å²) in [6, 6.07) is 11.4. The Hall–Kier alpha value is -3.42. The van der Waals surface area contributed by atoms with Crippen molar-refractivity contribution in [2.75, 3.05) is 41.5 Å². The van der Waals surface area contributed by atoms with Crippen LogP contribution in [-0.4, -0.2) is 53.3 Å². The van der Waals surface area contributed by atoms with Gasteiger partial charge in [-0.1, -0.05) is 19.1 Å². The number of hydrogen-bond acceptors (Lipinski definition) is 6. The summed E-state index contributed by atoms with van der Waals surface area (Å²) in [6.07, 6.45) is 1.96. The van der Waals surface area contributed by atoms with Crippen LogP contribution in [0.25, 0.3) is 0 Å². The van der Waals surface area contributed by atoms with E-state index in [1.165, 1.54) is 0 Å². The number of hydrogen-bond donors (Lipinski definition) is 2. The Morgan fingerprint density at radius 2 is 1.06 bits per heavy atom. The average Bonchev–Trinajstić information content (AvgIpc) is 2.83. The molecule has 0 spiro atoms. The van der Waals surface area contributed by atoms with Crippen molar-refractivity contribution in [3.8, 4) is 23.0 Å². The van der Waals surface area contributed by atoms with Crippen molar-refractivity contribution in [3.05, 3.63) is 47.5 Å². The van der Waals surface area contributed by atoms with Crippen molar-refractivity contribution in [3.63, 3.8) is 0 Å². The highest BCUT2D eigenvalue weighted by Gasteiger charge is 2.14. The van der Waals surface area contributed by atoms with Gasteiger partial charge in [0.1, 0.15) is 0 Å². The van der Waals surface area contributed by atoms with Gasteiger partial charge in [-0.3, -0.25) is 9.59 Å². The number of carbonyl (C=O) groups is 2. The highest BCUT2D eigenvalue weighted by molar-refractivity contribution is 5.79. The van der Waals surface area contributed by atoms with E-state index in [-0.39, 0.29) is 17.7 Å². The predicted octanol–water partition coefficient (Wildman–Crippen LogP) is 3.15. The number of nitrogens with one attached hydrogen (secondary N) is 2. The van der Waals surface area contributed by atoms with E-state index in [9.17, 15) is 9.59 Å². The maximum Gasteiger partial charge on any atom is 0.220 e. The monoisotopic (exact) mass is 472 g/mol. The first-order valence-electron chi connectivity index (χ1n) is 11.3. The Morgan fingerprint density at radius 3 is 1.41 bits per heavy atom. The zero-order chi connectivity index (χ0) is 24.9. The first-order valence-corrected chi connectivity index (χ1v) is 11.3. The third-order valence-corrected chi connectivity index (χ3v) is 5.44. The highest BCUT2D eigenvalue weighted by Crippen LogP contribution is 2.28. The second-order valence-electron chi connectivity index (χ2n) is 8.09. The Kier molecular flexibility index (Phi) is 11.0. The maximum atomic E-state index is 12.3. The van der Waals surface area contributed by atoms with Crippen LogP contribution in [0.3, 0.4) is 0 Å². The van der Waals surface area contributed by atoms with Crippen molar-refractivity contribution in [1.82, 2.24) is 10.6 Å². The van der Waals surface area contributed by atoms with Crippen molar-refractivity contribution >= 4 is 11.8 Å². The molecule has 0 saturated heterocycles. The molecule has 0 fully saturated rings. The SMILES string of the molecule is COc1ccc(CCNC(=O)CC(C)CC(=O)NCCc2ccc(OC)c(OC)c2)cc1OC. The summed E-state index contributed by atoms with van der Waals surface area (Å²) in [7, 11) is 6.38. The largest absolute Gasteiger partial charge is 0.493 e. The number of ether oxygens (including phenoxy) is 4. The van der Waals surface area contributed by atoms with Crippen molar-refractivity contribution in [2.45, 2.75) is 32.6 Å². The van der Waals surface area contributed by atoms with Crippen LogP contribution >= 0.6 is 0 Å². The molecule has 0 atom stereocenters. The van der Waals surface area contributed by atoms with E-state index >= 15 is 0 Å². The maximum absolute atomic E-state index is 12.3. The first kappa shape index (κ1) is 26.8. The van der Waals surface area contributed by atoms with Gasteiger partial charge in [-0.15, -0.1) is 0 Å². The minimum atomic E-state index is -0.0638. The first-order chi connectivity index (χ1) is 16.4. The van der Waals surface area contributed by atoms with Crippen LogP contribution in [0.5, 0.6) is 23.0 Å². The van der Waals surface area contributed by atoms with Crippen LogP contribution in [-0.2, 0) is 22.4 Å². The number of benzene rings is 2. The topological polar surface area (TPSA) is 95.1 Å². The minimum absolute atomic E-state index is 0.0536. The molecule has 0 aromatic heterocycles. The summed E-state index contributed by atoms with van der Waals surface area (Å²) < 4.78 is 21.1. The third kappa shape index (κ3) is 8.50. The normalized spacial score (nSPS) is 10.5. The van der Waals surface area contributed by atoms with Gasteiger partial charge in [-0.25, -0.2) is 0 Å². The van der Waals surface area contributed by atoms with E-state index in [0.29, 0.717) is 61.8 Å². The molecular formula is C26H36N2O6. The van der Waals surface area contributed by atoms with E-state index in [4.69, 9.17) is 18.9 Å². The van der Waals surface area contributed by atoms with E-state index in [1.807, 2.05) is 43.3 Å². The summed E-state index contributed by atoms with van der Waals surface area (Å²) in [4.78, 5) is 24.5. The van der Waals surface area contributed by atoms with Crippen molar-refractivity contribution in [2.24, 2.45) is 5.92 Å². The molecule has 186 valence electrons. The molecule has 2 aromatic rings. The van der Waals surface area contributed by atoms with Gasteiger partial charge in [0.15, 0.2) is 23.0 Å². The lowest BCUT2D eigenvalue weighted by Crippen LogP contribution is -2.30. The van der Waals surface area contributed by atoms with Crippen LogP contribution in [0, 0.1) is 5.92 Å². The molecule has 2 aromatic carbocycles. The molecule has 0 aliphatic carbocycles. The zero-order valence-electron chi connectivity index (χ0n) is 20.7. The Balaban J connectivity index is 1.67. The molecule has 0 unspecified atom stereocenters. The summed E-state index contributed by atoms with van der Waals surface area (Å²) in [5.74, 6) is 2.49. The van der Waals surface area contributed by atoms with Gasteiger partial charge < -0.3 is 29.6 Å². The van der Waals surface area contributed by atoms with Gasteiger partial charge in [0.2, 0.25) is 11.8 Å². The Bertz CT molecular complexity index is 871. The molecular weight excluding hydrogens is 436 g/mol. The summed E-state index contributed by atoms with van der Waals surface area (Å²) in [5, 5.41) is 5.84. The minimum Gasteiger partial charge on any atom is -0.493 e. The fourth-order valence-electron chi connectivity index (χ4n) is 3.61. The molecule has 0 aliphatic rings. The van der Waals surface area contributed by atoms with Gasteiger partial charge in [0.25, 0.3) is 0 Å². The fraction of sp³-hybridized carbons (Fsp3) is 0.462. The lowest BCUT2D eigenvalue weighted by molar-refractivity contribution is -0.123. The number of amides is 2. The van der Waals surface area contributed by atoms with Crippen molar-refractivity contribution in [1.29, 1.82) is 0 Å². The molecule has 0 radical (unpaired) electrons. The van der Waals surface area contributed by atoms with Gasteiger partial charge in [-0.05, 0) is 54.2 Å². The summed E-state index contributed by atoms with van der Waals surface area (Å²) in [5.41, 5.74) is 2.08. The third-order valence-electron chi connectivity index (χ3n) is 5.44. The Labute approximate surface area is 201 Å². The second-order valence-corrected chi connectivity index (χ2v) is 8.09. The molecule has 8 heteroatoms. The molecule has 2 rings (SSSR count). The molecule has 34 heavy (non-hydrogen) atoms.